The molecular formula is C11H8ClN5O4. The van der Waals surface area contributed by atoms with Gasteiger partial charge >= 0.3 is 5.69 Å². The smallest absolute Gasteiger partial charge is 0.311 e. The molecule has 2 N–H and O–H groups in total. The zero-order valence-corrected chi connectivity index (χ0v) is 11.1. The SMILES string of the molecule is O=C1NN=CC(=N/N=C\c2ccc(O)c([N+](=O)[O-])c2)C1Cl. The van der Waals surface area contributed by atoms with Crippen molar-refractivity contribution in [3.05, 3.63) is 33.9 Å². The van der Waals surface area contributed by atoms with Crippen LogP contribution in [-0.4, -0.2) is 39.5 Å². The van der Waals surface area contributed by atoms with Crippen LogP contribution in [0.4, 0.5) is 5.69 Å². The minimum Gasteiger partial charge on any atom is -0.502 e. The van der Waals surface area contributed by atoms with Gasteiger partial charge in [0.25, 0.3) is 5.91 Å². The molecule has 0 fully saturated rings. The van der Waals surface area contributed by atoms with Crippen molar-refractivity contribution in [3.8, 4) is 5.75 Å². The summed E-state index contributed by atoms with van der Waals surface area (Å²) in [5.41, 5.74) is 2.21. The highest BCUT2D eigenvalue weighted by Crippen LogP contribution is 2.25. The normalized spacial score (nSPS) is 20.0. The summed E-state index contributed by atoms with van der Waals surface area (Å²) >= 11 is 5.77. The standard InChI is InChI=1S/C11H8ClN5O4/c12-10-7(5-14-16-11(10)19)15-13-4-6-1-2-9(18)8(3-6)17(20)21/h1-5,10,18H,(H,16,19)/b13-4-,15-7?. The number of aromatic hydroxyl groups is 1. The predicted octanol–water partition coefficient (Wildman–Crippen LogP) is 0.798. The van der Waals surface area contributed by atoms with Gasteiger partial charge in [-0.1, -0.05) is 0 Å². The number of nitrogens with one attached hydrogen (secondary N) is 1. The van der Waals surface area contributed by atoms with Gasteiger partial charge in [-0.3, -0.25) is 14.9 Å². The van der Waals surface area contributed by atoms with Crippen molar-refractivity contribution in [2.24, 2.45) is 15.3 Å². The van der Waals surface area contributed by atoms with Crippen LogP contribution in [0.2, 0.25) is 0 Å². The summed E-state index contributed by atoms with van der Waals surface area (Å²) in [6, 6.07) is 3.73. The van der Waals surface area contributed by atoms with Gasteiger partial charge in [0.15, 0.2) is 11.1 Å². The number of phenolic OH excluding ortho intramolecular Hbond substituents is 1. The number of hydrogen-bond acceptors (Lipinski definition) is 7. The lowest BCUT2D eigenvalue weighted by molar-refractivity contribution is -0.385. The third-order valence-corrected chi connectivity index (χ3v) is 2.86. The van der Waals surface area contributed by atoms with Gasteiger partial charge in [-0.05, 0) is 12.1 Å². The van der Waals surface area contributed by atoms with Crippen molar-refractivity contribution in [2.45, 2.75) is 5.38 Å². The van der Waals surface area contributed by atoms with Crippen LogP contribution in [0.3, 0.4) is 0 Å². The quantitative estimate of drug-likeness (QED) is 0.370. The van der Waals surface area contributed by atoms with Crippen molar-refractivity contribution in [3.63, 3.8) is 0 Å². The summed E-state index contributed by atoms with van der Waals surface area (Å²) in [6.07, 6.45) is 2.47. The van der Waals surface area contributed by atoms with Crippen LogP contribution < -0.4 is 5.43 Å². The van der Waals surface area contributed by atoms with Crippen molar-refractivity contribution in [1.82, 2.24) is 5.43 Å². The first-order valence-corrected chi connectivity index (χ1v) is 5.98. The van der Waals surface area contributed by atoms with E-state index in [4.69, 9.17) is 11.6 Å². The Morgan fingerprint density at radius 2 is 2.29 bits per heavy atom. The highest BCUT2D eigenvalue weighted by molar-refractivity contribution is 6.54. The molecule has 1 aromatic rings. The number of nitro benzene ring substituents is 1. The topological polar surface area (TPSA) is 130 Å². The number of nitro groups is 1. The van der Waals surface area contributed by atoms with E-state index in [0.717, 1.165) is 6.07 Å². The highest BCUT2D eigenvalue weighted by atomic mass is 35.5. The number of amides is 1. The van der Waals surface area contributed by atoms with Crippen molar-refractivity contribution >= 4 is 41.3 Å². The molecule has 1 atom stereocenters. The summed E-state index contributed by atoms with van der Waals surface area (Å²) in [4.78, 5) is 21.2. The molecule has 1 aliphatic rings. The first-order valence-electron chi connectivity index (χ1n) is 5.54. The van der Waals surface area contributed by atoms with Crippen LogP contribution in [0.1, 0.15) is 5.56 Å². The number of hydrogen-bond donors (Lipinski definition) is 2. The Morgan fingerprint density at radius 1 is 1.52 bits per heavy atom. The number of carbonyl (C=O) groups excluding carboxylic acids is 1. The second-order valence-electron chi connectivity index (χ2n) is 3.87. The molecule has 0 radical (unpaired) electrons. The largest absolute Gasteiger partial charge is 0.502 e. The molecular weight excluding hydrogens is 302 g/mol. The van der Waals surface area contributed by atoms with Gasteiger partial charge in [-0.2, -0.15) is 15.3 Å². The number of alkyl halides is 1. The van der Waals surface area contributed by atoms with E-state index >= 15 is 0 Å². The zero-order valence-electron chi connectivity index (χ0n) is 10.3. The molecule has 1 amide bonds. The van der Waals surface area contributed by atoms with E-state index in [1.165, 1.54) is 24.6 Å². The van der Waals surface area contributed by atoms with Gasteiger partial charge < -0.3 is 5.11 Å². The predicted molar refractivity (Wildman–Crippen MR) is 76.1 cm³/mol. The lowest BCUT2D eigenvalue weighted by atomic mass is 10.2. The number of hydrazone groups is 1. The lowest BCUT2D eigenvalue weighted by Gasteiger charge is -2.10. The monoisotopic (exact) mass is 309 g/mol. The molecule has 0 saturated carbocycles. The summed E-state index contributed by atoms with van der Waals surface area (Å²) in [6.45, 7) is 0. The molecule has 1 aliphatic heterocycles. The van der Waals surface area contributed by atoms with E-state index in [1.807, 2.05) is 0 Å². The molecule has 0 aliphatic carbocycles. The number of carbonyl (C=O) groups is 1. The Hall–Kier alpha value is -2.81. The first kappa shape index (κ1) is 14.6. The Bertz CT molecular complexity index is 685. The summed E-state index contributed by atoms with van der Waals surface area (Å²) < 4.78 is 0. The van der Waals surface area contributed by atoms with E-state index in [9.17, 15) is 20.0 Å². The number of nitrogens with zero attached hydrogens (tertiary/aromatic N) is 4. The van der Waals surface area contributed by atoms with Crippen molar-refractivity contribution in [2.75, 3.05) is 0 Å². The molecule has 21 heavy (non-hydrogen) atoms. The molecule has 10 heteroatoms. The van der Waals surface area contributed by atoms with Crippen LogP contribution >= 0.6 is 11.6 Å². The fraction of sp³-hybridized carbons (Fsp3) is 0.0909. The molecule has 0 bridgehead atoms. The first-order chi connectivity index (χ1) is 9.99. The molecule has 0 saturated heterocycles. The van der Waals surface area contributed by atoms with Crippen LogP contribution in [-0.2, 0) is 4.79 Å². The maximum absolute atomic E-state index is 11.2. The maximum atomic E-state index is 11.2. The van der Waals surface area contributed by atoms with Gasteiger partial charge in [-0.25, -0.2) is 5.43 Å². The Kier molecular flexibility index (Phi) is 4.24. The van der Waals surface area contributed by atoms with Gasteiger partial charge in [0, 0.05) is 11.6 Å². The fourth-order valence-electron chi connectivity index (χ4n) is 1.42. The van der Waals surface area contributed by atoms with Crippen molar-refractivity contribution < 1.29 is 14.8 Å². The molecule has 2 rings (SSSR count). The Labute approximate surface area is 122 Å². The molecule has 0 spiro atoms. The highest BCUT2D eigenvalue weighted by Gasteiger charge is 2.23. The van der Waals surface area contributed by atoms with Gasteiger partial charge in [0.1, 0.15) is 5.71 Å². The molecule has 1 unspecified atom stereocenters. The van der Waals surface area contributed by atoms with E-state index in [-0.39, 0.29) is 5.71 Å². The van der Waals surface area contributed by atoms with Crippen LogP contribution in [0, 0.1) is 10.1 Å². The number of halogens is 1. The average molecular weight is 310 g/mol. The maximum Gasteiger partial charge on any atom is 0.311 e. The van der Waals surface area contributed by atoms with E-state index in [0.29, 0.717) is 5.56 Å². The summed E-state index contributed by atoms with van der Waals surface area (Å²) in [7, 11) is 0. The summed E-state index contributed by atoms with van der Waals surface area (Å²) in [5, 5.41) is 29.9. The zero-order chi connectivity index (χ0) is 15.4. The van der Waals surface area contributed by atoms with Crippen molar-refractivity contribution in [1.29, 1.82) is 0 Å². The van der Waals surface area contributed by atoms with Gasteiger partial charge in [0.2, 0.25) is 0 Å². The van der Waals surface area contributed by atoms with Gasteiger partial charge in [0.05, 0.1) is 17.4 Å². The second kappa shape index (κ2) is 6.09. The van der Waals surface area contributed by atoms with Gasteiger partial charge in [-0.15, -0.1) is 11.6 Å². The number of phenols is 1. The third kappa shape index (κ3) is 3.39. The molecule has 1 heterocycles. The van der Waals surface area contributed by atoms with Crippen LogP contribution in [0.5, 0.6) is 5.75 Å². The lowest BCUT2D eigenvalue weighted by Crippen LogP contribution is -2.38. The number of rotatable bonds is 3. The summed E-state index contributed by atoms with van der Waals surface area (Å²) in [5.74, 6) is -0.964. The van der Waals surface area contributed by atoms with E-state index in [1.54, 1.807) is 0 Å². The molecule has 1 aromatic carbocycles. The Morgan fingerprint density at radius 3 is 3.00 bits per heavy atom. The fourth-order valence-corrected chi connectivity index (χ4v) is 1.57. The minimum atomic E-state index is -1.01. The molecule has 108 valence electrons. The average Bonchev–Trinajstić information content (AvgIpc) is 2.45. The van der Waals surface area contributed by atoms with Crippen LogP contribution in [0.15, 0.2) is 33.5 Å². The third-order valence-electron chi connectivity index (χ3n) is 2.44. The number of benzene rings is 1. The second-order valence-corrected chi connectivity index (χ2v) is 4.31. The minimum absolute atomic E-state index is 0.143. The Balaban J connectivity index is 2.20. The van der Waals surface area contributed by atoms with E-state index < -0.39 is 27.6 Å². The molecule has 9 nitrogen and oxygen atoms in total. The van der Waals surface area contributed by atoms with Crippen LogP contribution in [0.25, 0.3) is 0 Å². The molecule has 0 aromatic heterocycles. The van der Waals surface area contributed by atoms with E-state index in [2.05, 4.69) is 20.7 Å².